The molecule has 5 rings (SSSR count). The molecule has 0 fully saturated rings. The number of hydrogen-bond donors (Lipinski definition) is 1. The van der Waals surface area contributed by atoms with E-state index in [9.17, 15) is 14.7 Å². The number of nitrogens with zero attached hydrogens (tertiary/aromatic N) is 4. The highest BCUT2D eigenvalue weighted by molar-refractivity contribution is 6.00. The third-order valence-corrected chi connectivity index (χ3v) is 7.13. The lowest BCUT2D eigenvalue weighted by Gasteiger charge is -2.18. The predicted molar refractivity (Wildman–Crippen MR) is 159 cm³/mol. The molecule has 0 amide bonds. The van der Waals surface area contributed by atoms with Crippen LogP contribution in [0.4, 0.5) is 0 Å². The third-order valence-electron chi connectivity index (χ3n) is 7.13. The van der Waals surface area contributed by atoms with Gasteiger partial charge in [0.1, 0.15) is 11.8 Å². The molecule has 204 valence electrons. The summed E-state index contributed by atoms with van der Waals surface area (Å²) >= 11 is 0. The van der Waals surface area contributed by atoms with Crippen LogP contribution in [-0.4, -0.2) is 38.1 Å². The van der Waals surface area contributed by atoms with Gasteiger partial charge >= 0.3 is 5.97 Å². The quantitative estimate of drug-likeness (QED) is 0.232. The zero-order valence-electron chi connectivity index (χ0n) is 23.3. The molecule has 2 aromatic heterocycles. The summed E-state index contributed by atoms with van der Waals surface area (Å²) in [6.07, 6.45) is 3.35. The Bertz CT molecular complexity index is 1830. The molecule has 0 saturated carbocycles. The lowest BCUT2D eigenvalue weighted by molar-refractivity contribution is -0.140. The number of ether oxygens (including phenoxy) is 1. The van der Waals surface area contributed by atoms with Gasteiger partial charge in [-0.05, 0) is 68.1 Å². The molecule has 5 aromatic rings. The largest absolute Gasteiger partial charge is 0.494 e. The highest BCUT2D eigenvalue weighted by Crippen LogP contribution is 2.34. The number of carboxylic acids is 1. The van der Waals surface area contributed by atoms with E-state index in [1.807, 2.05) is 62.4 Å². The van der Waals surface area contributed by atoms with Crippen molar-refractivity contribution in [2.75, 3.05) is 6.61 Å². The lowest BCUT2D eigenvalue weighted by Crippen LogP contribution is -2.21. The topological polar surface area (TPSA) is 98.7 Å². The van der Waals surface area contributed by atoms with Gasteiger partial charge < -0.3 is 14.4 Å². The lowest BCUT2D eigenvalue weighted by atomic mass is 9.96. The Labute approximate surface area is 232 Å². The van der Waals surface area contributed by atoms with Crippen molar-refractivity contribution in [2.24, 2.45) is 5.10 Å². The van der Waals surface area contributed by atoms with E-state index in [1.165, 1.54) is 4.68 Å². The monoisotopic (exact) mass is 536 g/mol. The van der Waals surface area contributed by atoms with Gasteiger partial charge in [0.2, 0.25) is 0 Å². The summed E-state index contributed by atoms with van der Waals surface area (Å²) < 4.78 is 8.95. The summed E-state index contributed by atoms with van der Waals surface area (Å²) in [7, 11) is 0. The Balaban J connectivity index is 1.75. The van der Waals surface area contributed by atoms with Crippen LogP contribution in [0.3, 0.4) is 0 Å². The third kappa shape index (κ3) is 4.77. The van der Waals surface area contributed by atoms with Gasteiger partial charge in [0.05, 0.1) is 23.7 Å². The van der Waals surface area contributed by atoms with Crippen molar-refractivity contribution < 1.29 is 14.6 Å². The van der Waals surface area contributed by atoms with Crippen molar-refractivity contribution in [3.8, 4) is 17.1 Å². The second kappa shape index (κ2) is 10.8. The van der Waals surface area contributed by atoms with Crippen LogP contribution in [0.15, 0.2) is 76.8 Å². The Morgan fingerprint density at radius 1 is 1.07 bits per heavy atom. The van der Waals surface area contributed by atoms with Crippen LogP contribution in [0.2, 0.25) is 0 Å². The Morgan fingerprint density at radius 3 is 2.48 bits per heavy atom. The number of aryl methyl sites for hydroxylation is 1. The first kappa shape index (κ1) is 26.9. The second-order valence-corrected chi connectivity index (χ2v) is 10.1. The van der Waals surface area contributed by atoms with Gasteiger partial charge in [-0.2, -0.15) is 9.78 Å². The van der Waals surface area contributed by atoms with Crippen LogP contribution < -0.4 is 10.3 Å². The van der Waals surface area contributed by atoms with E-state index in [0.717, 1.165) is 33.3 Å². The van der Waals surface area contributed by atoms with Crippen molar-refractivity contribution in [2.45, 2.75) is 46.6 Å². The van der Waals surface area contributed by atoms with Gasteiger partial charge in [0, 0.05) is 28.2 Å². The molecule has 0 aliphatic heterocycles. The Morgan fingerprint density at radius 2 is 1.77 bits per heavy atom. The van der Waals surface area contributed by atoms with E-state index in [-0.39, 0.29) is 11.5 Å². The number of hydrogen-bond acceptors (Lipinski definition) is 5. The highest BCUT2D eigenvalue weighted by atomic mass is 16.5. The van der Waals surface area contributed by atoms with Crippen LogP contribution in [0.1, 0.15) is 56.3 Å². The van der Waals surface area contributed by atoms with Gasteiger partial charge in [0.15, 0.2) is 5.82 Å². The highest BCUT2D eigenvalue weighted by Gasteiger charge is 2.20. The predicted octanol–water partition coefficient (Wildman–Crippen LogP) is 6.38. The van der Waals surface area contributed by atoms with Crippen LogP contribution in [0.5, 0.6) is 5.75 Å². The first-order valence-electron chi connectivity index (χ1n) is 13.4. The number of benzene rings is 3. The summed E-state index contributed by atoms with van der Waals surface area (Å²) in [6, 6.07) is 18.0. The van der Waals surface area contributed by atoms with Gasteiger partial charge in [-0.3, -0.25) is 4.79 Å². The number of carbonyl (C=O) groups is 1. The molecule has 40 heavy (non-hydrogen) atoms. The van der Waals surface area contributed by atoms with E-state index in [2.05, 4.69) is 18.9 Å². The molecule has 1 atom stereocenters. The number of aliphatic carboxylic acids is 1. The number of aromatic nitrogens is 3. The van der Waals surface area contributed by atoms with Gasteiger partial charge in [0.25, 0.3) is 5.56 Å². The first-order chi connectivity index (χ1) is 19.2. The second-order valence-electron chi connectivity index (χ2n) is 10.1. The summed E-state index contributed by atoms with van der Waals surface area (Å²) in [5.41, 5.74) is 4.47. The zero-order valence-corrected chi connectivity index (χ0v) is 23.3. The number of rotatable bonds is 8. The molecule has 0 aliphatic rings. The molecule has 0 spiro atoms. The van der Waals surface area contributed by atoms with E-state index in [4.69, 9.17) is 9.72 Å². The molecule has 3 aromatic carbocycles. The summed E-state index contributed by atoms with van der Waals surface area (Å²) in [5.74, 6) is 0.489. The van der Waals surface area contributed by atoms with Crippen molar-refractivity contribution in [1.82, 2.24) is 14.2 Å². The summed E-state index contributed by atoms with van der Waals surface area (Å²) in [6.45, 7) is 10.3. The van der Waals surface area contributed by atoms with Gasteiger partial charge in [-0.15, -0.1) is 0 Å². The zero-order chi connectivity index (χ0) is 28.6. The molecule has 0 saturated heterocycles. The van der Waals surface area contributed by atoms with Crippen molar-refractivity contribution in [3.63, 3.8) is 0 Å². The van der Waals surface area contributed by atoms with Crippen LogP contribution in [0.25, 0.3) is 33.2 Å². The molecule has 8 nitrogen and oxygen atoms in total. The molecule has 2 heterocycles. The maximum absolute atomic E-state index is 13.8. The standard InChI is InChI=1S/C32H32N4O4/c1-6-40-29-15-20(4)26(16-25(29)19(2)3)30-34-27-13-9-7-12-24(27)31(37)36(30)33-17-22-18-35(21(5)32(38)39)28-14-10-8-11-23(22)28/h7-19,21H,6H2,1-5H3,(H,38,39)/t21-/m1/s1. The van der Waals surface area contributed by atoms with E-state index in [1.54, 1.807) is 36.0 Å². The summed E-state index contributed by atoms with van der Waals surface area (Å²) in [5, 5.41) is 15.6. The van der Waals surface area contributed by atoms with Crippen molar-refractivity contribution in [1.29, 1.82) is 0 Å². The molecular weight excluding hydrogens is 504 g/mol. The fourth-order valence-corrected chi connectivity index (χ4v) is 4.97. The number of para-hydroxylation sites is 2. The normalized spacial score (nSPS) is 12.6. The molecule has 0 unspecified atom stereocenters. The Hall–Kier alpha value is -4.72. The molecule has 0 bridgehead atoms. The van der Waals surface area contributed by atoms with Crippen LogP contribution in [-0.2, 0) is 4.79 Å². The number of fused-ring (bicyclic) bond motifs is 2. The van der Waals surface area contributed by atoms with Crippen LogP contribution in [0, 0.1) is 6.92 Å². The first-order valence-corrected chi connectivity index (χ1v) is 13.4. The average Bonchev–Trinajstić information content (AvgIpc) is 3.30. The molecule has 0 radical (unpaired) electrons. The molecule has 8 heteroatoms. The number of carboxylic acid groups (broad SMARTS) is 1. The molecule has 1 N–H and O–H groups in total. The van der Waals surface area contributed by atoms with Crippen molar-refractivity contribution in [3.05, 3.63) is 93.9 Å². The van der Waals surface area contributed by atoms with E-state index >= 15 is 0 Å². The maximum Gasteiger partial charge on any atom is 0.326 e. The summed E-state index contributed by atoms with van der Waals surface area (Å²) in [4.78, 5) is 30.5. The van der Waals surface area contributed by atoms with Gasteiger partial charge in [-0.1, -0.05) is 44.2 Å². The van der Waals surface area contributed by atoms with Crippen molar-refractivity contribution >= 4 is 34.0 Å². The minimum atomic E-state index is -0.937. The van der Waals surface area contributed by atoms with E-state index in [0.29, 0.717) is 28.9 Å². The van der Waals surface area contributed by atoms with E-state index < -0.39 is 12.0 Å². The van der Waals surface area contributed by atoms with Gasteiger partial charge in [-0.25, -0.2) is 9.78 Å². The maximum atomic E-state index is 13.8. The average molecular weight is 537 g/mol. The van der Waals surface area contributed by atoms with Crippen LogP contribution >= 0.6 is 0 Å². The fourth-order valence-electron chi connectivity index (χ4n) is 4.97. The smallest absolute Gasteiger partial charge is 0.326 e. The Kier molecular flexibility index (Phi) is 7.26. The SMILES string of the molecule is CCOc1cc(C)c(-c2nc3ccccc3c(=O)n2N=Cc2cn([C@H](C)C(=O)O)c3ccccc23)cc1C(C)C. The molecular formula is C32H32N4O4. The fraction of sp³-hybridized carbons (Fsp3) is 0.250. The molecule has 0 aliphatic carbocycles. The minimum Gasteiger partial charge on any atom is -0.494 e. The minimum absolute atomic E-state index is 0.187.